The Morgan fingerprint density at radius 2 is 1.19 bits per heavy atom. The second-order valence-electron chi connectivity index (χ2n) is 4.12. The first kappa shape index (κ1) is 10.7. The van der Waals surface area contributed by atoms with Gasteiger partial charge in [0.1, 0.15) is 0 Å². The molecule has 0 radical (unpaired) electrons. The van der Waals surface area contributed by atoms with Crippen molar-refractivity contribution < 1.29 is 0 Å². The van der Waals surface area contributed by atoms with Gasteiger partial charge in [-0.3, -0.25) is 0 Å². The first-order valence-corrected chi connectivity index (χ1v) is 5.56. The first-order valence-electron chi connectivity index (χ1n) is 5.56. The summed E-state index contributed by atoms with van der Waals surface area (Å²) in [6.45, 7) is 4.25. The van der Waals surface area contributed by atoms with E-state index in [0.717, 1.165) is 0 Å². The molecule has 0 unspecified atom stereocenters. The summed E-state index contributed by atoms with van der Waals surface area (Å²) < 4.78 is 0. The summed E-state index contributed by atoms with van der Waals surface area (Å²) in [5.41, 5.74) is 2.57. The maximum absolute atomic E-state index is 2.22. The van der Waals surface area contributed by atoms with Crippen LogP contribution in [0.1, 0.15) is 11.1 Å². The molecule has 0 aromatic heterocycles. The van der Waals surface area contributed by atoms with E-state index in [9.17, 15) is 0 Å². The number of rotatable bonds is 0. The van der Waals surface area contributed by atoms with E-state index in [1.807, 2.05) is 6.07 Å². The van der Waals surface area contributed by atoms with Crippen LogP contribution in [0, 0.1) is 13.8 Å². The van der Waals surface area contributed by atoms with E-state index < -0.39 is 0 Å². The highest BCUT2D eigenvalue weighted by molar-refractivity contribution is 5.82. The molecular weight excluding hydrogens is 192 g/mol. The summed E-state index contributed by atoms with van der Waals surface area (Å²) in [6.07, 6.45) is 0. The maximum atomic E-state index is 2.22. The fraction of sp³-hybridized carbons (Fsp3) is 0.125. The Morgan fingerprint density at radius 1 is 0.562 bits per heavy atom. The molecular formula is C16H16. The molecule has 0 saturated heterocycles. The molecule has 16 heavy (non-hydrogen) atoms. The van der Waals surface area contributed by atoms with E-state index in [4.69, 9.17) is 0 Å². The van der Waals surface area contributed by atoms with Crippen molar-refractivity contribution in [2.24, 2.45) is 0 Å². The molecule has 0 nitrogen and oxygen atoms in total. The molecule has 0 amide bonds. The topological polar surface area (TPSA) is 0 Å². The van der Waals surface area contributed by atoms with Crippen LogP contribution in [0.25, 0.3) is 10.8 Å². The van der Waals surface area contributed by atoms with Gasteiger partial charge in [0.25, 0.3) is 0 Å². The van der Waals surface area contributed by atoms with Crippen molar-refractivity contribution in [3.8, 4) is 0 Å². The molecule has 2 rings (SSSR count). The maximum Gasteiger partial charge on any atom is -0.0179 e. The molecule has 0 bridgehead atoms. The molecule has 2 aromatic rings. The lowest BCUT2D eigenvalue weighted by atomic mass is 10.1. The molecule has 2 aromatic carbocycles. The van der Waals surface area contributed by atoms with Crippen LogP contribution in [0.2, 0.25) is 0 Å². The minimum absolute atomic E-state index is 1.27. The zero-order valence-electron chi connectivity index (χ0n) is 9.77. The monoisotopic (exact) mass is 208 g/mol. The zero-order chi connectivity index (χ0) is 11.4. The molecule has 0 aliphatic heterocycles. The summed E-state index contributed by atoms with van der Waals surface area (Å²) in [6, 6.07) is 21.3. The SMILES string of the molecule is Cc1ccccccc2ccc(C)cc2c1. The molecule has 0 saturated carbocycles. The van der Waals surface area contributed by atoms with E-state index in [1.54, 1.807) is 0 Å². The fourth-order valence-corrected chi connectivity index (χ4v) is 1.76. The van der Waals surface area contributed by atoms with Gasteiger partial charge < -0.3 is 0 Å². The van der Waals surface area contributed by atoms with Gasteiger partial charge in [0.05, 0.1) is 0 Å². The Bertz CT molecular complexity index is 552. The summed E-state index contributed by atoms with van der Waals surface area (Å²) in [7, 11) is 0. The standard InChI is InChI=1S/C16H16/c1-13-7-5-3-4-6-8-15-10-9-14(2)12-16(15)11-13/h3-12H,1-2H3. The lowest BCUT2D eigenvalue weighted by Gasteiger charge is -1.97. The van der Waals surface area contributed by atoms with E-state index in [2.05, 4.69) is 68.4 Å². The van der Waals surface area contributed by atoms with E-state index in [-0.39, 0.29) is 0 Å². The zero-order valence-corrected chi connectivity index (χ0v) is 9.77. The highest BCUT2D eigenvalue weighted by atomic mass is 13.9. The van der Waals surface area contributed by atoms with Crippen LogP contribution in [-0.4, -0.2) is 0 Å². The minimum atomic E-state index is 1.27. The molecule has 80 valence electrons. The molecule has 0 aliphatic carbocycles. The highest BCUT2D eigenvalue weighted by Crippen LogP contribution is 2.14. The van der Waals surface area contributed by atoms with Crippen molar-refractivity contribution in [3.63, 3.8) is 0 Å². The Morgan fingerprint density at radius 3 is 1.94 bits per heavy atom. The number of hydrogen-bond donors (Lipinski definition) is 0. The quantitative estimate of drug-likeness (QED) is 0.594. The summed E-state index contributed by atoms with van der Waals surface area (Å²) in [5, 5.41) is 2.55. The van der Waals surface area contributed by atoms with Crippen molar-refractivity contribution >= 4 is 10.8 Å². The van der Waals surface area contributed by atoms with Crippen molar-refractivity contribution in [2.75, 3.05) is 0 Å². The molecule has 0 fully saturated rings. The summed E-state index contributed by atoms with van der Waals surface area (Å²) in [5.74, 6) is 0. The summed E-state index contributed by atoms with van der Waals surface area (Å²) >= 11 is 0. The number of fused-ring (bicyclic) bond motifs is 1. The third kappa shape index (κ3) is 2.60. The Balaban J connectivity index is 2.83. The van der Waals surface area contributed by atoms with Gasteiger partial charge in [-0.15, -0.1) is 0 Å². The van der Waals surface area contributed by atoms with Crippen LogP contribution >= 0.6 is 0 Å². The normalized spacial score (nSPS) is 9.88. The highest BCUT2D eigenvalue weighted by Gasteiger charge is 1.90. The second kappa shape index (κ2) is 4.80. The molecule has 0 spiro atoms. The van der Waals surface area contributed by atoms with E-state index in [1.165, 1.54) is 21.9 Å². The van der Waals surface area contributed by atoms with Gasteiger partial charge in [-0.25, -0.2) is 0 Å². The second-order valence-corrected chi connectivity index (χ2v) is 4.12. The smallest absolute Gasteiger partial charge is 0.0179 e. The van der Waals surface area contributed by atoms with Crippen molar-refractivity contribution in [2.45, 2.75) is 13.8 Å². The molecule has 0 heteroatoms. The van der Waals surface area contributed by atoms with Crippen LogP contribution in [0.15, 0.2) is 60.7 Å². The minimum Gasteiger partial charge on any atom is -0.0623 e. The lowest BCUT2D eigenvalue weighted by molar-refractivity contribution is 1.48. The Kier molecular flexibility index (Phi) is 3.21. The Hall–Kier alpha value is -1.82. The van der Waals surface area contributed by atoms with Gasteiger partial charge in [0.15, 0.2) is 0 Å². The van der Waals surface area contributed by atoms with Crippen LogP contribution in [0.4, 0.5) is 0 Å². The molecule has 0 aliphatic rings. The average molecular weight is 208 g/mol. The van der Waals surface area contributed by atoms with Gasteiger partial charge in [-0.1, -0.05) is 71.8 Å². The van der Waals surface area contributed by atoms with Gasteiger partial charge in [0.2, 0.25) is 0 Å². The Labute approximate surface area is 96.9 Å². The number of aryl methyl sites for hydroxylation is 2. The van der Waals surface area contributed by atoms with Gasteiger partial charge in [-0.05, 0) is 24.6 Å². The third-order valence-electron chi connectivity index (χ3n) is 2.59. The lowest BCUT2D eigenvalue weighted by Crippen LogP contribution is -1.73. The average Bonchev–Trinajstić information content (AvgIpc) is 2.25. The van der Waals surface area contributed by atoms with Crippen LogP contribution in [-0.2, 0) is 0 Å². The number of benzene rings is 1. The molecule has 0 atom stereocenters. The predicted octanol–water partition coefficient (Wildman–Crippen LogP) is 4.58. The largest absolute Gasteiger partial charge is 0.0623 e. The van der Waals surface area contributed by atoms with Crippen molar-refractivity contribution in [1.29, 1.82) is 0 Å². The predicted molar refractivity (Wildman–Crippen MR) is 71.1 cm³/mol. The van der Waals surface area contributed by atoms with E-state index in [0.29, 0.717) is 0 Å². The van der Waals surface area contributed by atoms with Gasteiger partial charge in [0, 0.05) is 0 Å². The van der Waals surface area contributed by atoms with Gasteiger partial charge >= 0.3 is 0 Å². The van der Waals surface area contributed by atoms with Crippen LogP contribution in [0.5, 0.6) is 0 Å². The molecule has 0 N–H and O–H groups in total. The van der Waals surface area contributed by atoms with E-state index >= 15 is 0 Å². The third-order valence-corrected chi connectivity index (χ3v) is 2.59. The number of hydrogen-bond acceptors (Lipinski definition) is 0. The first-order chi connectivity index (χ1) is 7.75. The molecule has 0 heterocycles. The summed E-state index contributed by atoms with van der Waals surface area (Å²) in [4.78, 5) is 0. The van der Waals surface area contributed by atoms with Crippen LogP contribution < -0.4 is 0 Å². The van der Waals surface area contributed by atoms with Crippen molar-refractivity contribution in [3.05, 3.63) is 71.8 Å². The van der Waals surface area contributed by atoms with Gasteiger partial charge in [-0.2, -0.15) is 0 Å². The fourth-order valence-electron chi connectivity index (χ4n) is 1.76. The van der Waals surface area contributed by atoms with Crippen LogP contribution in [0.3, 0.4) is 0 Å². The van der Waals surface area contributed by atoms with Crippen molar-refractivity contribution in [1.82, 2.24) is 0 Å².